The maximum atomic E-state index is 12.9. The van der Waals surface area contributed by atoms with Crippen LogP contribution >= 0.6 is 15.9 Å². The number of aromatic nitrogens is 2. The second-order valence-corrected chi connectivity index (χ2v) is 9.11. The number of halogens is 1. The Morgan fingerprint density at radius 3 is 2.53 bits per heavy atom. The first-order valence-electron chi connectivity index (χ1n) is 10.8. The zero-order valence-electron chi connectivity index (χ0n) is 18.3. The zero-order chi connectivity index (χ0) is 22.7. The van der Waals surface area contributed by atoms with Gasteiger partial charge in [-0.05, 0) is 60.4 Å². The third-order valence-corrected chi connectivity index (χ3v) is 6.34. The number of nitrogens with zero attached hydrogens (tertiary/aromatic N) is 4. The molecule has 0 spiro atoms. The number of benzene rings is 2. The summed E-state index contributed by atoms with van der Waals surface area (Å²) in [5.74, 6) is 1.15. The van der Waals surface area contributed by atoms with E-state index in [1.807, 2.05) is 43.0 Å². The predicted molar refractivity (Wildman–Crippen MR) is 126 cm³/mol. The van der Waals surface area contributed by atoms with Gasteiger partial charge in [0.1, 0.15) is 5.75 Å². The van der Waals surface area contributed by atoms with Gasteiger partial charge in [0.05, 0.1) is 10.0 Å². The van der Waals surface area contributed by atoms with Crippen molar-refractivity contribution in [3.05, 3.63) is 63.5 Å². The quantitative estimate of drug-likeness (QED) is 0.547. The fraction of sp³-hybridized carbons (Fsp3) is 0.375. The molecule has 0 saturated carbocycles. The van der Waals surface area contributed by atoms with Gasteiger partial charge in [0.2, 0.25) is 11.7 Å². The number of rotatable bonds is 6. The Labute approximate surface area is 196 Å². The van der Waals surface area contributed by atoms with E-state index in [1.54, 1.807) is 12.1 Å². The molecule has 1 saturated heterocycles. The van der Waals surface area contributed by atoms with Crippen LogP contribution in [0.4, 0.5) is 0 Å². The van der Waals surface area contributed by atoms with Crippen molar-refractivity contribution in [2.24, 2.45) is 0 Å². The van der Waals surface area contributed by atoms with Gasteiger partial charge in [0.25, 0.3) is 5.91 Å². The molecule has 1 aliphatic heterocycles. The lowest BCUT2D eigenvalue weighted by molar-refractivity contribution is 0.0632. The average molecular weight is 499 g/mol. The third-order valence-electron chi connectivity index (χ3n) is 5.74. The molecule has 8 heteroatoms. The van der Waals surface area contributed by atoms with Crippen molar-refractivity contribution < 1.29 is 14.4 Å². The second kappa shape index (κ2) is 9.83. The molecule has 0 radical (unpaired) electrons. The predicted octanol–water partition coefficient (Wildman–Crippen LogP) is 4.21. The van der Waals surface area contributed by atoms with E-state index < -0.39 is 0 Å². The van der Waals surface area contributed by atoms with Crippen molar-refractivity contribution in [2.45, 2.75) is 26.7 Å². The van der Waals surface area contributed by atoms with Gasteiger partial charge >= 0.3 is 0 Å². The Balaban J connectivity index is 1.25. The van der Waals surface area contributed by atoms with E-state index in [1.165, 1.54) is 5.56 Å². The Bertz CT molecular complexity index is 1090. The van der Waals surface area contributed by atoms with Crippen LogP contribution in [0.5, 0.6) is 5.75 Å². The molecule has 3 aromatic rings. The first kappa shape index (κ1) is 22.5. The van der Waals surface area contributed by atoms with E-state index >= 15 is 0 Å². The van der Waals surface area contributed by atoms with E-state index in [2.05, 4.69) is 31.0 Å². The fourth-order valence-electron chi connectivity index (χ4n) is 3.87. The number of aryl methyl sites for hydroxylation is 3. The minimum absolute atomic E-state index is 0.00703. The van der Waals surface area contributed by atoms with Crippen LogP contribution in [0.1, 0.15) is 33.8 Å². The highest BCUT2D eigenvalue weighted by atomic mass is 79.9. The number of hydrogen-bond acceptors (Lipinski definition) is 6. The average Bonchev–Trinajstić information content (AvgIpc) is 3.25. The summed E-state index contributed by atoms with van der Waals surface area (Å²) in [4.78, 5) is 21.5. The number of phenols is 1. The van der Waals surface area contributed by atoms with Gasteiger partial charge in [-0.25, -0.2) is 0 Å². The molecule has 0 bridgehead atoms. The molecule has 1 aliphatic rings. The molecule has 32 heavy (non-hydrogen) atoms. The summed E-state index contributed by atoms with van der Waals surface area (Å²) in [6.45, 7) is 7.75. The highest BCUT2D eigenvalue weighted by Gasteiger charge is 2.25. The number of carbonyl (C=O) groups is 1. The van der Waals surface area contributed by atoms with Crippen molar-refractivity contribution >= 4 is 21.8 Å². The van der Waals surface area contributed by atoms with E-state index in [9.17, 15) is 9.90 Å². The van der Waals surface area contributed by atoms with Crippen LogP contribution in [0.2, 0.25) is 0 Å². The molecule has 1 N–H and O–H groups in total. The standard InChI is InChI=1S/C24H27BrN4O3/c1-16-5-7-18(8-6-16)23-26-21(32-27-23)4-3-9-28-10-12-29(13-11-28)24(31)19-14-17(2)15-20(25)22(19)30/h5-8,14-15,30H,3-4,9-13H2,1-2H3. The van der Waals surface area contributed by atoms with Crippen molar-refractivity contribution in [3.63, 3.8) is 0 Å². The van der Waals surface area contributed by atoms with Crippen molar-refractivity contribution in [1.82, 2.24) is 19.9 Å². The fourth-order valence-corrected chi connectivity index (χ4v) is 4.45. The number of phenolic OH excluding ortho intramolecular Hbond substituents is 1. The smallest absolute Gasteiger partial charge is 0.257 e. The normalized spacial score (nSPS) is 14.7. The number of hydrogen-bond donors (Lipinski definition) is 1. The summed E-state index contributed by atoms with van der Waals surface area (Å²) < 4.78 is 5.95. The molecule has 1 aromatic heterocycles. The summed E-state index contributed by atoms with van der Waals surface area (Å²) in [5.41, 5.74) is 3.44. The largest absolute Gasteiger partial charge is 0.506 e. The van der Waals surface area contributed by atoms with Gasteiger partial charge in [-0.2, -0.15) is 4.98 Å². The van der Waals surface area contributed by atoms with Crippen LogP contribution in [0, 0.1) is 13.8 Å². The van der Waals surface area contributed by atoms with Gasteiger partial charge in [-0.15, -0.1) is 0 Å². The highest BCUT2D eigenvalue weighted by Crippen LogP contribution is 2.30. The summed E-state index contributed by atoms with van der Waals surface area (Å²) in [5, 5.41) is 14.4. The zero-order valence-corrected chi connectivity index (χ0v) is 19.9. The molecule has 4 rings (SSSR count). The molecule has 0 aliphatic carbocycles. The Morgan fingerprint density at radius 1 is 1.09 bits per heavy atom. The second-order valence-electron chi connectivity index (χ2n) is 8.26. The number of carbonyl (C=O) groups excluding carboxylic acids is 1. The van der Waals surface area contributed by atoms with E-state index in [-0.39, 0.29) is 11.7 Å². The van der Waals surface area contributed by atoms with Crippen molar-refractivity contribution in [3.8, 4) is 17.1 Å². The van der Waals surface area contributed by atoms with Gasteiger partial charge in [0.15, 0.2) is 0 Å². The van der Waals surface area contributed by atoms with Crippen LogP contribution in [-0.2, 0) is 6.42 Å². The van der Waals surface area contributed by atoms with Gasteiger partial charge in [0, 0.05) is 38.2 Å². The first-order chi connectivity index (χ1) is 15.4. The van der Waals surface area contributed by atoms with Crippen molar-refractivity contribution in [1.29, 1.82) is 0 Å². The minimum Gasteiger partial charge on any atom is -0.506 e. The van der Waals surface area contributed by atoms with E-state index in [0.29, 0.717) is 34.8 Å². The lowest BCUT2D eigenvalue weighted by atomic mass is 10.1. The summed E-state index contributed by atoms with van der Waals surface area (Å²) in [6.07, 6.45) is 1.64. The number of aromatic hydroxyl groups is 1. The topological polar surface area (TPSA) is 82.7 Å². The van der Waals surface area contributed by atoms with Crippen LogP contribution in [0.15, 0.2) is 45.4 Å². The highest BCUT2D eigenvalue weighted by molar-refractivity contribution is 9.10. The third kappa shape index (κ3) is 5.19. The van der Waals surface area contributed by atoms with Gasteiger partial charge < -0.3 is 14.5 Å². The number of piperazine rings is 1. The maximum absolute atomic E-state index is 12.9. The Hall–Kier alpha value is -2.71. The molecule has 168 valence electrons. The molecule has 2 aromatic carbocycles. The molecule has 0 atom stereocenters. The lowest BCUT2D eigenvalue weighted by Gasteiger charge is -2.34. The molecule has 7 nitrogen and oxygen atoms in total. The molecule has 1 amide bonds. The Kier molecular flexibility index (Phi) is 6.91. The van der Waals surface area contributed by atoms with Crippen LogP contribution in [0.25, 0.3) is 11.4 Å². The maximum Gasteiger partial charge on any atom is 0.257 e. The summed E-state index contributed by atoms with van der Waals surface area (Å²) >= 11 is 3.32. The van der Waals surface area contributed by atoms with Gasteiger partial charge in [-0.3, -0.25) is 9.69 Å². The van der Waals surface area contributed by atoms with E-state index in [4.69, 9.17) is 4.52 Å². The molecular weight excluding hydrogens is 472 g/mol. The molecular formula is C24H27BrN4O3. The lowest BCUT2D eigenvalue weighted by Crippen LogP contribution is -2.48. The monoisotopic (exact) mass is 498 g/mol. The van der Waals surface area contributed by atoms with Crippen LogP contribution < -0.4 is 0 Å². The summed E-state index contributed by atoms with van der Waals surface area (Å²) in [7, 11) is 0. The summed E-state index contributed by atoms with van der Waals surface area (Å²) in [6, 6.07) is 11.6. The SMILES string of the molecule is Cc1ccc(-c2noc(CCCN3CCN(C(=O)c4cc(C)cc(Br)c4O)CC3)n2)cc1. The first-order valence-corrected chi connectivity index (χ1v) is 11.6. The molecule has 2 heterocycles. The van der Waals surface area contributed by atoms with E-state index in [0.717, 1.165) is 43.6 Å². The minimum atomic E-state index is -0.124. The molecule has 0 unspecified atom stereocenters. The van der Waals surface area contributed by atoms with Crippen LogP contribution in [-0.4, -0.2) is 63.7 Å². The van der Waals surface area contributed by atoms with Crippen LogP contribution in [0.3, 0.4) is 0 Å². The van der Waals surface area contributed by atoms with Crippen molar-refractivity contribution in [2.75, 3.05) is 32.7 Å². The molecule has 1 fully saturated rings. The number of amides is 1. The van der Waals surface area contributed by atoms with Gasteiger partial charge in [-0.1, -0.05) is 35.0 Å². The Morgan fingerprint density at radius 2 is 1.81 bits per heavy atom.